The van der Waals surface area contributed by atoms with Crippen LogP contribution >= 0.6 is 0 Å². The van der Waals surface area contributed by atoms with E-state index in [1.54, 1.807) is 11.9 Å². The SMILES string of the molecule is CC(CC(=O)O)NC(=O)NN1CCOCC1. The molecular weight excluding hydrogens is 214 g/mol. The number of nitrogens with one attached hydrogen (secondary N) is 2. The summed E-state index contributed by atoms with van der Waals surface area (Å²) < 4.78 is 5.12. The molecule has 7 nitrogen and oxygen atoms in total. The first kappa shape index (κ1) is 12.7. The van der Waals surface area contributed by atoms with Crippen molar-refractivity contribution in [2.75, 3.05) is 26.3 Å². The van der Waals surface area contributed by atoms with Gasteiger partial charge in [0.25, 0.3) is 0 Å². The number of hydrogen-bond acceptors (Lipinski definition) is 4. The standard InChI is InChI=1S/C9H17N3O4/c1-7(6-8(13)14)10-9(15)11-12-2-4-16-5-3-12/h7H,2-6H2,1H3,(H,13,14)(H2,10,11,15). The Morgan fingerprint density at radius 2 is 2.06 bits per heavy atom. The van der Waals surface area contributed by atoms with Crippen LogP contribution in [0.25, 0.3) is 0 Å². The van der Waals surface area contributed by atoms with Crippen molar-refractivity contribution in [1.29, 1.82) is 0 Å². The summed E-state index contributed by atoms with van der Waals surface area (Å²) in [5, 5.41) is 12.8. The zero-order valence-electron chi connectivity index (χ0n) is 9.23. The number of carboxylic acids is 1. The Bertz CT molecular complexity index is 253. The quantitative estimate of drug-likeness (QED) is 0.600. The minimum Gasteiger partial charge on any atom is -0.481 e. The van der Waals surface area contributed by atoms with Crippen molar-refractivity contribution in [3.05, 3.63) is 0 Å². The molecular formula is C9H17N3O4. The molecule has 1 saturated heterocycles. The Morgan fingerprint density at radius 1 is 1.44 bits per heavy atom. The Kier molecular flexibility index (Phi) is 5.00. The van der Waals surface area contributed by atoms with Gasteiger partial charge in [-0.05, 0) is 6.92 Å². The van der Waals surface area contributed by atoms with Crippen LogP contribution in [0.5, 0.6) is 0 Å². The van der Waals surface area contributed by atoms with E-state index in [0.717, 1.165) is 0 Å². The van der Waals surface area contributed by atoms with Crippen molar-refractivity contribution in [3.63, 3.8) is 0 Å². The van der Waals surface area contributed by atoms with Gasteiger partial charge in [-0.15, -0.1) is 0 Å². The zero-order chi connectivity index (χ0) is 12.0. The van der Waals surface area contributed by atoms with Crippen molar-refractivity contribution in [3.8, 4) is 0 Å². The first-order valence-corrected chi connectivity index (χ1v) is 5.19. The minimum atomic E-state index is -0.931. The van der Waals surface area contributed by atoms with Crippen molar-refractivity contribution >= 4 is 12.0 Å². The second-order valence-corrected chi connectivity index (χ2v) is 3.68. The van der Waals surface area contributed by atoms with Crippen LogP contribution in [0.2, 0.25) is 0 Å². The predicted octanol–water partition coefficient (Wildman–Crippen LogP) is -0.604. The lowest BCUT2D eigenvalue weighted by Gasteiger charge is -2.27. The van der Waals surface area contributed by atoms with Crippen molar-refractivity contribution in [2.45, 2.75) is 19.4 Å². The number of carbonyl (C=O) groups is 2. The molecule has 0 radical (unpaired) electrons. The molecule has 16 heavy (non-hydrogen) atoms. The van der Waals surface area contributed by atoms with Gasteiger partial charge in [0.2, 0.25) is 0 Å². The summed E-state index contributed by atoms with van der Waals surface area (Å²) in [4.78, 5) is 21.8. The number of aliphatic carboxylic acids is 1. The predicted molar refractivity (Wildman–Crippen MR) is 55.8 cm³/mol. The molecule has 1 unspecified atom stereocenters. The Morgan fingerprint density at radius 3 is 2.62 bits per heavy atom. The third-order valence-electron chi connectivity index (χ3n) is 2.13. The van der Waals surface area contributed by atoms with Crippen molar-refractivity contribution < 1.29 is 19.4 Å². The van der Waals surface area contributed by atoms with E-state index in [4.69, 9.17) is 9.84 Å². The highest BCUT2D eigenvalue weighted by Crippen LogP contribution is 1.93. The molecule has 7 heteroatoms. The molecule has 0 bridgehead atoms. The lowest BCUT2D eigenvalue weighted by molar-refractivity contribution is -0.137. The van der Waals surface area contributed by atoms with Gasteiger partial charge in [-0.3, -0.25) is 10.2 Å². The second-order valence-electron chi connectivity index (χ2n) is 3.68. The average Bonchev–Trinajstić information content (AvgIpc) is 2.17. The van der Waals surface area contributed by atoms with Gasteiger partial charge < -0.3 is 15.2 Å². The number of urea groups is 1. The van der Waals surface area contributed by atoms with Gasteiger partial charge in [-0.1, -0.05) is 0 Å². The Balaban J connectivity index is 2.21. The van der Waals surface area contributed by atoms with Gasteiger partial charge in [0, 0.05) is 19.1 Å². The minimum absolute atomic E-state index is 0.0868. The smallest absolute Gasteiger partial charge is 0.329 e. The first-order valence-electron chi connectivity index (χ1n) is 5.19. The van der Waals surface area contributed by atoms with Crippen LogP contribution in [0.1, 0.15) is 13.3 Å². The third kappa shape index (κ3) is 4.94. The molecule has 2 amide bonds. The van der Waals surface area contributed by atoms with E-state index in [9.17, 15) is 9.59 Å². The van der Waals surface area contributed by atoms with Crippen LogP contribution in [-0.2, 0) is 9.53 Å². The molecule has 1 heterocycles. The number of hydrazine groups is 1. The maximum absolute atomic E-state index is 11.4. The summed E-state index contributed by atoms with van der Waals surface area (Å²) >= 11 is 0. The van der Waals surface area contributed by atoms with Crippen LogP contribution in [0.4, 0.5) is 4.79 Å². The third-order valence-corrected chi connectivity index (χ3v) is 2.13. The first-order chi connectivity index (χ1) is 7.58. The van der Waals surface area contributed by atoms with Gasteiger partial charge in [-0.25, -0.2) is 9.80 Å². The van der Waals surface area contributed by atoms with Gasteiger partial charge in [0.1, 0.15) is 0 Å². The molecule has 1 aliphatic heterocycles. The van der Waals surface area contributed by atoms with Crippen LogP contribution < -0.4 is 10.7 Å². The molecule has 1 fully saturated rings. The average molecular weight is 231 g/mol. The largest absolute Gasteiger partial charge is 0.481 e. The number of morpholine rings is 1. The van der Waals surface area contributed by atoms with E-state index in [2.05, 4.69) is 10.7 Å². The fourth-order valence-corrected chi connectivity index (χ4v) is 1.39. The number of hydrogen-bond donors (Lipinski definition) is 3. The number of carboxylic acid groups (broad SMARTS) is 1. The Labute approximate surface area is 93.7 Å². The topological polar surface area (TPSA) is 90.9 Å². The van der Waals surface area contributed by atoms with Crippen molar-refractivity contribution in [1.82, 2.24) is 15.8 Å². The van der Waals surface area contributed by atoms with E-state index < -0.39 is 12.0 Å². The molecule has 0 aromatic rings. The summed E-state index contributed by atoms with van der Waals surface area (Å²) in [5.41, 5.74) is 2.63. The Hall–Kier alpha value is -1.34. The van der Waals surface area contributed by atoms with Crippen LogP contribution in [0.3, 0.4) is 0 Å². The molecule has 3 N–H and O–H groups in total. The molecule has 92 valence electrons. The molecule has 1 rings (SSSR count). The second kappa shape index (κ2) is 6.29. The van der Waals surface area contributed by atoms with E-state index >= 15 is 0 Å². The lowest BCUT2D eigenvalue weighted by Crippen LogP contribution is -2.53. The normalized spacial score (nSPS) is 18.8. The van der Waals surface area contributed by atoms with Gasteiger partial charge in [0.15, 0.2) is 0 Å². The molecule has 0 spiro atoms. The number of amides is 2. The zero-order valence-corrected chi connectivity index (χ0v) is 9.23. The maximum atomic E-state index is 11.4. The van der Waals surface area contributed by atoms with E-state index in [1.165, 1.54) is 0 Å². The summed E-state index contributed by atoms with van der Waals surface area (Å²) in [7, 11) is 0. The van der Waals surface area contributed by atoms with Crippen molar-refractivity contribution in [2.24, 2.45) is 0 Å². The van der Waals surface area contributed by atoms with E-state index in [0.29, 0.717) is 26.3 Å². The lowest BCUT2D eigenvalue weighted by atomic mass is 10.2. The number of nitrogens with zero attached hydrogens (tertiary/aromatic N) is 1. The molecule has 0 aliphatic carbocycles. The monoisotopic (exact) mass is 231 g/mol. The van der Waals surface area contributed by atoms with E-state index in [-0.39, 0.29) is 12.5 Å². The van der Waals surface area contributed by atoms with Crippen LogP contribution in [0, 0.1) is 0 Å². The summed E-state index contributed by atoms with van der Waals surface area (Å²) in [5.74, 6) is -0.931. The number of rotatable bonds is 4. The molecule has 0 aromatic heterocycles. The highest BCUT2D eigenvalue weighted by Gasteiger charge is 2.15. The fourth-order valence-electron chi connectivity index (χ4n) is 1.39. The maximum Gasteiger partial charge on any atom is 0.329 e. The summed E-state index contributed by atoms with van der Waals surface area (Å²) in [6, 6.07) is -0.769. The molecule has 1 aliphatic rings. The highest BCUT2D eigenvalue weighted by atomic mass is 16.5. The van der Waals surface area contributed by atoms with Crippen LogP contribution in [-0.4, -0.2) is 54.5 Å². The van der Waals surface area contributed by atoms with Crippen LogP contribution in [0.15, 0.2) is 0 Å². The highest BCUT2D eigenvalue weighted by molar-refractivity contribution is 5.75. The summed E-state index contributed by atoms with van der Waals surface area (Å²) in [6.45, 7) is 4.10. The van der Waals surface area contributed by atoms with E-state index in [1.807, 2.05) is 0 Å². The summed E-state index contributed by atoms with van der Waals surface area (Å²) in [6.07, 6.45) is -0.0868. The number of carbonyl (C=O) groups excluding carboxylic acids is 1. The number of ether oxygens (including phenoxy) is 1. The van der Waals surface area contributed by atoms with Gasteiger partial charge in [-0.2, -0.15) is 0 Å². The fraction of sp³-hybridized carbons (Fsp3) is 0.778. The molecule has 0 saturated carbocycles. The molecule has 0 aromatic carbocycles. The van der Waals surface area contributed by atoms with Gasteiger partial charge >= 0.3 is 12.0 Å². The molecule has 1 atom stereocenters. The van der Waals surface area contributed by atoms with Gasteiger partial charge in [0.05, 0.1) is 19.6 Å².